The van der Waals surface area contributed by atoms with Crippen molar-refractivity contribution in [2.75, 3.05) is 22.4 Å². The minimum Gasteiger partial charge on any atom is -0.324 e. The van der Waals surface area contributed by atoms with Crippen molar-refractivity contribution in [2.24, 2.45) is 0 Å². The van der Waals surface area contributed by atoms with Gasteiger partial charge >= 0.3 is 0 Å². The van der Waals surface area contributed by atoms with Crippen molar-refractivity contribution >= 4 is 67.9 Å². The minimum atomic E-state index is -3.85. The van der Waals surface area contributed by atoms with Crippen LogP contribution in [0.25, 0.3) is 0 Å². The molecule has 10 heteroatoms. The Labute approximate surface area is 200 Å². The van der Waals surface area contributed by atoms with Gasteiger partial charge in [-0.25, -0.2) is 8.42 Å². The molecule has 166 valence electrons. The topological polar surface area (TPSA) is 83.6 Å². The van der Waals surface area contributed by atoms with E-state index >= 15 is 0 Å². The Morgan fingerprint density at radius 3 is 2.09 bits per heavy atom. The fourth-order valence-corrected chi connectivity index (χ4v) is 4.49. The molecule has 0 saturated carbocycles. The SMILES string of the molecule is CS(=O)(=O)N(CC(=O)Nc1ccc(Cl)cc1C(=O)c1ccccc1)c1cc(Cl)cc(Cl)c1. The van der Waals surface area contributed by atoms with E-state index in [1.54, 1.807) is 30.3 Å². The number of anilines is 2. The van der Waals surface area contributed by atoms with Gasteiger partial charge in [0.25, 0.3) is 0 Å². The Hall–Kier alpha value is -2.58. The number of nitrogens with zero attached hydrogens (tertiary/aromatic N) is 1. The zero-order valence-corrected chi connectivity index (χ0v) is 19.8. The Kier molecular flexibility index (Phi) is 7.46. The van der Waals surface area contributed by atoms with E-state index in [-0.39, 0.29) is 32.8 Å². The van der Waals surface area contributed by atoms with E-state index in [0.717, 1.165) is 10.6 Å². The first-order chi connectivity index (χ1) is 15.0. The number of sulfonamides is 1. The van der Waals surface area contributed by atoms with Crippen molar-refractivity contribution in [3.05, 3.63) is 92.9 Å². The molecule has 1 amide bonds. The number of ketones is 1. The summed E-state index contributed by atoms with van der Waals surface area (Å²) in [5, 5.41) is 3.35. The molecule has 0 saturated heterocycles. The van der Waals surface area contributed by atoms with Crippen molar-refractivity contribution in [3.8, 4) is 0 Å². The molecule has 0 spiro atoms. The van der Waals surface area contributed by atoms with Crippen LogP contribution < -0.4 is 9.62 Å². The van der Waals surface area contributed by atoms with Gasteiger partial charge in [-0.05, 0) is 36.4 Å². The molecule has 0 bridgehead atoms. The van der Waals surface area contributed by atoms with Gasteiger partial charge < -0.3 is 5.32 Å². The summed E-state index contributed by atoms with van der Waals surface area (Å²) < 4.78 is 25.5. The summed E-state index contributed by atoms with van der Waals surface area (Å²) in [6.07, 6.45) is 0.960. The first-order valence-electron chi connectivity index (χ1n) is 9.17. The highest BCUT2D eigenvalue weighted by molar-refractivity contribution is 7.92. The zero-order valence-electron chi connectivity index (χ0n) is 16.7. The second-order valence-electron chi connectivity index (χ2n) is 6.83. The quantitative estimate of drug-likeness (QED) is 0.437. The standard InChI is InChI=1S/C22H17Cl3N2O4S/c1-32(30,31)27(18-10-16(24)9-17(25)11-18)13-21(28)26-20-8-7-15(23)12-19(20)22(29)14-5-3-2-4-6-14/h2-12H,13H2,1H3,(H,26,28). The molecular weight excluding hydrogens is 495 g/mol. The molecule has 0 aliphatic rings. The second-order valence-corrected chi connectivity index (χ2v) is 10.0. The van der Waals surface area contributed by atoms with Crippen LogP contribution in [-0.2, 0) is 14.8 Å². The normalized spacial score (nSPS) is 11.1. The van der Waals surface area contributed by atoms with Crippen molar-refractivity contribution < 1.29 is 18.0 Å². The molecule has 3 rings (SSSR count). The van der Waals surface area contributed by atoms with Gasteiger partial charge in [-0.15, -0.1) is 0 Å². The number of hydrogen-bond donors (Lipinski definition) is 1. The number of carbonyl (C=O) groups excluding carboxylic acids is 2. The predicted octanol–water partition coefficient (Wildman–Crippen LogP) is 5.28. The van der Waals surface area contributed by atoms with Gasteiger partial charge in [0.15, 0.2) is 5.78 Å². The van der Waals surface area contributed by atoms with Gasteiger partial charge in [-0.2, -0.15) is 0 Å². The summed E-state index contributed by atoms with van der Waals surface area (Å²) in [5.41, 5.74) is 0.924. The van der Waals surface area contributed by atoms with Crippen molar-refractivity contribution in [3.63, 3.8) is 0 Å². The molecule has 3 aromatic carbocycles. The Morgan fingerprint density at radius 1 is 0.875 bits per heavy atom. The van der Waals surface area contributed by atoms with Crippen LogP contribution in [0, 0.1) is 0 Å². The third-order valence-electron chi connectivity index (χ3n) is 4.36. The van der Waals surface area contributed by atoms with Gasteiger partial charge in [-0.1, -0.05) is 65.1 Å². The van der Waals surface area contributed by atoms with Crippen LogP contribution in [0.2, 0.25) is 15.1 Å². The maximum absolute atomic E-state index is 12.9. The molecule has 0 radical (unpaired) electrons. The van der Waals surface area contributed by atoms with Crippen molar-refractivity contribution in [1.82, 2.24) is 0 Å². The van der Waals surface area contributed by atoms with Crippen LogP contribution >= 0.6 is 34.8 Å². The minimum absolute atomic E-state index is 0.136. The lowest BCUT2D eigenvalue weighted by atomic mass is 10.0. The number of carbonyl (C=O) groups is 2. The molecule has 0 heterocycles. The van der Waals surface area contributed by atoms with E-state index in [9.17, 15) is 18.0 Å². The van der Waals surface area contributed by atoms with Crippen LogP contribution in [0.15, 0.2) is 66.7 Å². The van der Waals surface area contributed by atoms with Crippen LogP contribution in [0.3, 0.4) is 0 Å². The second kappa shape index (κ2) is 9.92. The molecule has 0 fully saturated rings. The number of hydrogen-bond acceptors (Lipinski definition) is 4. The molecule has 0 aromatic heterocycles. The lowest BCUT2D eigenvalue weighted by molar-refractivity contribution is -0.114. The molecular formula is C22H17Cl3N2O4S. The van der Waals surface area contributed by atoms with E-state index in [2.05, 4.69) is 5.32 Å². The van der Waals surface area contributed by atoms with E-state index in [4.69, 9.17) is 34.8 Å². The van der Waals surface area contributed by atoms with E-state index in [0.29, 0.717) is 10.6 Å². The highest BCUT2D eigenvalue weighted by Crippen LogP contribution is 2.28. The van der Waals surface area contributed by atoms with E-state index < -0.39 is 22.5 Å². The number of rotatable bonds is 7. The molecule has 32 heavy (non-hydrogen) atoms. The lowest BCUT2D eigenvalue weighted by Gasteiger charge is -2.22. The van der Waals surface area contributed by atoms with Gasteiger partial charge in [0, 0.05) is 26.2 Å². The average Bonchev–Trinajstić information content (AvgIpc) is 2.72. The Balaban J connectivity index is 1.90. The Morgan fingerprint density at radius 2 is 1.50 bits per heavy atom. The molecule has 0 aliphatic carbocycles. The predicted molar refractivity (Wildman–Crippen MR) is 129 cm³/mol. The molecule has 0 aliphatic heterocycles. The number of halogens is 3. The number of benzene rings is 3. The van der Waals surface area contributed by atoms with Gasteiger partial charge in [0.2, 0.25) is 15.9 Å². The van der Waals surface area contributed by atoms with Gasteiger partial charge in [0.1, 0.15) is 6.54 Å². The summed E-state index contributed by atoms with van der Waals surface area (Å²) in [6.45, 7) is -0.558. The largest absolute Gasteiger partial charge is 0.324 e. The lowest BCUT2D eigenvalue weighted by Crippen LogP contribution is -2.37. The molecule has 0 unspecified atom stereocenters. The van der Waals surface area contributed by atoms with Gasteiger partial charge in [0.05, 0.1) is 17.6 Å². The first-order valence-corrected chi connectivity index (χ1v) is 12.2. The van der Waals surface area contributed by atoms with Gasteiger partial charge in [-0.3, -0.25) is 13.9 Å². The van der Waals surface area contributed by atoms with E-state index in [1.807, 2.05) is 0 Å². The zero-order chi connectivity index (χ0) is 23.5. The maximum atomic E-state index is 12.9. The fourth-order valence-electron chi connectivity index (χ4n) is 2.96. The summed E-state index contributed by atoms with van der Waals surface area (Å²) in [5.74, 6) is -1.01. The van der Waals surface area contributed by atoms with Crippen molar-refractivity contribution in [2.45, 2.75) is 0 Å². The van der Waals surface area contributed by atoms with Crippen LogP contribution in [0.5, 0.6) is 0 Å². The summed E-state index contributed by atoms with van der Waals surface area (Å²) in [4.78, 5) is 25.7. The average molecular weight is 512 g/mol. The molecule has 1 N–H and O–H groups in total. The smallest absolute Gasteiger partial charge is 0.245 e. The summed E-state index contributed by atoms with van der Waals surface area (Å²) >= 11 is 18.0. The number of nitrogens with one attached hydrogen (secondary N) is 1. The third kappa shape index (κ3) is 6.01. The molecule has 3 aromatic rings. The van der Waals surface area contributed by atoms with Crippen molar-refractivity contribution in [1.29, 1.82) is 0 Å². The molecule has 6 nitrogen and oxygen atoms in total. The fraction of sp³-hybridized carbons (Fsp3) is 0.0909. The third-order valence-corrected chi connectivity index (χ3v) is 6.17. The maximum Gasteiger partial charge on any atom is 0.245 e. The summed E-state index contributed by atoms with van der Waals surface area (Å²) in [7, 11) is -3.85. The van der Waals surface area contributed by atoms with Crippen LogP contribution in [0.4, 0.5) is 11.4 Å². The summed E-state index contributed by atoms with van der Waals surface area (Å²) in [6, 6.07) is 17.2. The highest BCUT2D eigenvalue weighted by Gasteiger charge is 2.23. The van der Waals surface area contributed by atoms with E-state index in [1.165, 1.54) is 36.4 Å². The van der Waals surface area contributed by atoms with Crippen LogP contribution in [0.1, 0.15) is 15.9 Å². The Bertz CT molecular complexity index is 1260. The monoisotopic (exact) mass is 510 g/mol. The highest BCUT2D eigenvalue weighted by atomic mass is 35.5. The van der Waals surface area contributed by atoms with Crippen LogP contribution in [-0.4, -0.2) is 32.9 Å². The first kappa shape index (κ1) is 24.1. The number of amides is 1. The molecule has 0 atom stereocenters.